The second-order valence-corrected chi connectivity index (χ2v) is 8.25. The summed E-state index contributed by atoms with van der Waals surface area (Å²) in [4.78, 5) is 28.7. The molecule has 154 valence electrons. The van der Waals surface area contributed by atoms with Crippen LogP contribution in [0.15, 0.2) is 18.6 Å². The monoisotopic (exact) mass is 406 g/mol. The highest BCUT2D eigenvalue weighted by Crippen LogP contribution is 2.36. The third-order valence-electron chi connectivity index (χ3n) is 5.91. The molecule has 10 heteroatoms. The van der Waals surface area contributed by atoms with E-state index in [1.165, 1.54) is 0 Å². The van der Waals surface area contributed by atoms with Crippen LogP contribution in [0.4, 0.5) is 5.82 Å². The standard InChI is InChI=1S/C20H22N8O2/c1-20(2)19-24-14-17(27-8-12(9-27)29-3)25-15(26-18(14)28(19)4-5-30-20)11-6-13-16(21-7-11)23-10-22-13/h6-7,10,12H,4-5,8-9H2,1-3H3,(H,21,22,23). The van der Waals surface area contributed by atoms with Crippen LogP contribution in [0.25, 0.3) is 33.7 Å². The van der Waals surface area contributed by atoms with Gasteiger partial charge in [0.2, 0.25) is 0 Å². The van der Waals surface area contributed by atoms with E-state index >= 15 is 0 Å². The minimum atomic E-state index is -0.475. The average Bonchev–Trinajstić information content (AvgIpc) is 3.31. The van der Waals surface area contributed by atoms with Gasteiger partial charge in [-0.2, -0.15) is 0 Å². The molecule has 0 aromatic carbocycles. The second kappa shape index (κ2) is 6.19. The number of H-pyrrole nitrogens is 1. The summed E-state index contributed by atoms with van der Waals surface area (Å²) in [5.41, 5.74) is 3.51. The van der Waals surface area contributed by atoms with Gasteiger partial charge in [-0.15, -0.1) is 0 Å². The Kier molecular flexibility index (Phi) is 3.66. The smallest absolute Gasteiger partial charge is 0.177 e. The Bertz CT molecular complexity index is 1270. The molecule has 6 heterocycles. The molecule has 2 aliphatic heterocycles. The number of nitrogens with one attached hydrogen (secondary N) is 1. The summed E-state index contributed by atoms with van der Waals surface area (Å²) in [5.74, 6) is 2.32. The number of pyridine rings is 1. The number of methoxy groups -OCH3 is 1. The summed E-state index contributed by atoms with van der Waals surface area (Å²) in [6.45, 7) is 6.97. The number of aromatic nitrogens is 7. The van der Waals surface area contributed by atoms with Crippen molar-refractivity contribution in [3.8, 4) is 11.4 Å². The fourth-order valence-electron chi connectivity index (χ4n) is 4.18. The van der Waals surface area contributed by atoms with Gasteiger partial charge < -0.3 is 23.9 Å². The molecule has 4 aromatic rings. The summed E-state index contributed by atoms with van der Waals surface area (Å²) < 4.78 is 13.6. The molecule has 0 amide bonds. The van der Waals surface area contributed by atoms with Crippen molar-refractivity contribution in [2.45, 2.75) is 32.1 Å². The first kappa shape index (κ1) is 17.7. The number of imidazole rings is 2. The zero-order chi connectivity index (χ0) is 20.5. The van der Waals surface area contributed by atoms with Gasteiger partial charge in [0.15, 0.2) is 28.5 Å². The molecule has 0 bridgehead atoms. The lowest BCUT2D eigenvalue weighted by molar-refractivity contribution is -0.0530. The largest absolute Gasteiger partial charge is 0.378 e. The Morgan fingerprint density at radius 2 is 2.07 bits per heavy atom. The molecule has 0 aliphatic carbocycles. The molecular weight excluding hydrogens is 384 g/mol. The summed E-state index contributed by atoms with van der Waals surface area (Å²) >= 11 is 0. The van der Waals surface area contributed by atoms with E-state index in [2.05, 4.69) is 24.4 Å². The number of ether oxygens (including phenoxy) is 2. The van der Waals surface area contributed by atoms with Gasteiger partial charge in [0.1, 0.15) is 11.4 Å². The molecule has 30 heavy (non-hydrogen) atoms. The molecule has 0 saturated carbocycles. The van der Waals surface area contributed by atoms with E-state index in [-0.39, 0.29) is 6.10 Å². The minimum Gasteiger partial charge on any atom is -0.378 e. The van der Waals surface area contributed by atoms with Gasteiger partial charge >= 0.3 is 0 Å². The van der Waals surface area contributed by atoms with Crippen molar-refractivity contribution in [1.29, 1.82) is 0 Å². The van der Waals surface area contributed by atoms with Crippen molar-refractivity contribution in [1.82, 2.24) is 34.5 Å². The van der Waals surface area contributed by atoms with Crippen LogP contribution < -0.4 is 4.90 Å². The molecule has 10 nitrogen and oxygen atoms in total. The van der Waals surface area contributed by atoms with E-state index in [1.54, 1.807) is 19.6 Å². The lowest BCUT2D eigenvalue weighted by atomic mass is 10.1. The van der Waals surface area contributed by atoms with E-state index in [4.69, 9.17) is 24.4 Å². The maximum atomic E-state index is 5.96. The molecular formula is C20H22N8O2. The molecule has 0 spiro atoms. The molecule has 4 aromatic heterocycles. The van der Waals surface area contributed by atoms with Crippen LogP contribution in [0.3, 0.4) is 0 Å². The molecule has 0 radical (unpaired) electrons. The highest BCUT2D eigenvalue weighted by atomic mass is 16.5. The molecule has 1 saturated heterocycles. The first-order valence-electron chi connectivity index (χ1n) is 10.0. The first-order chi connectivity index (χ1) is 14.5. The lowest BCUT2D eigenvalue weighted by Gasteiger charge is -2.39. The molecule has 2 aliphatic rings. The van der Waals surface area contributed by atoms with Crippen LogP contribution in [0.5, 0.6) is 0 Å². The Morgan fingerprint density at radius 1 is 1.20 bits per heavy atom. The predicted molar refractivity (Wildman–Crippen MR) is 110 cm³/mol. The van der Waals surface area contributed by atoms with Crippen molar-refractivity contribution >= 4 is 28.1 Å². The van der Waals surface area contributed by atoms with Gasteiger partial charge in [-0.05, 0) is 19.9 Å². The van der Waals surface area contributed by atoms with Gasteiger partial charge in [-0.1, -0.05) is 0 Å². The Hall–Kier alpha value is -3.11. The number of fused-ring (bicyclic) bond motifs is 4. The third kappa shape index (κ3) is 2.53. The van der Waals surface area contributed by atoms with E-state index in [0.717, 1.165) is 47.0 Å². The van der Waals surface area contributed by atoms with Crippen molar-refractivity contribution in [2.24, 2.45) is 0 Å². The molecule has 1 fully saturated rings. The van der Waals surface area contributed by atoms with Gasteiger partial charge in [0.25, 0.3) is 0 Å². The number of anilines is 1. The summed E-state index contributed by atoms with van der Waals surface area (Å²) in [5, 5.41) is 0. The Labute approximate surface area is 172 Å². The number of nitrogens with zero attached hydrogens (tertiary/aromatic N) is 7. The van der Waals surface area contributed by atoms with Crippen LogP contribution in [-0.4, -0.2) is 67.4 Å². The van der Waals surface area contributed by atoms with Gasteiger partial charge in [0.05, 0.1) is 24.6 Å². The molecule has 1 N–H and O–H groups in total. The highest BCUT2D eigenvalue weighted by molar-refractivity contribution is 5.87. The first-order valence-corrected chi connectivity index (χ1v) is 10.0. The van der Waals surface area contributed by atoms with Crippen molar-refractivity contribution in [2.75, 3.05) is 31.7 Å². The number of aromatic amines is 1. The number of hydrogen-bond acceptors (Lipinski definition) is 8. The minimum absolute atomic E-state index is 0.207. The SMILES string of the molecule is COC1CN(c2nc(-c3cnc4nc[nH]c4c3)nc3c2nc2n3CCOC2(C)C)C1. The van der Waals surface area contributed by atoms with E-state index in [0.29, 0.717) is 24.6 Å². The van der Waals surface area contributed by atoms with Crippen LogP contribution in [0, 0.1) is 0 Å². The number of rotatable bonds is 3. The van der Waals surface area contributed by atoms with E-state index in [9.17, 15) is 0 Å². The maximum absolute atomic E-state index is 5.96. The van der Waals surface area contributed by atoms with E-state index in [1.807, 2.05) is 19.9 Å². The molecule has 6 rings (SSSR count). The maximum Gasteiger partial charge on any atom is 0.177 e. The number of hydrogen-bond donors (Lipinski definition) is 1. The van der Waals surface area contributed by atoms with Crippen molar-refractivity contribution in [3.05, 3.63) is 24.4 Å². The quantitative estimate of drug-likeness (QED) is 0.549. The van der Waals surface area contributed by atoms with E-state index < -0.39 is 5.60 Å². The Morgan fingerprint density at radius 3 is 2.90 bits per heavy atom. The van der Waals surface area contributed by atoms with Crippen molar-refractivity contribution < 1.29 is 9.47 Å². The summed E-state index contributed by atoms with van der Waals surface area (Å²) in [7, 11) is 1.74. The van der Waals surface area contributed by atoms with Crippen LogP contribution in [0.2, 0.25) is 0 Å². The summed E-state index contributed by atoms with van der Waals surface area (Å²) in [6.07, 6.45) is 3.61. The van der Waals surface area contributed by atoms with Gasteiger partial charge in [-0.25, -0.2) is 24.9 Å². The molecule has 0 unspecified atom stereocenters. The van der Waals surface area contributed by atoms with Crippen LogP contribution in [0.1, 0.15) is 19.7 Å². The van der Waals surface area contributed by atoms with Crippen molar-refractivity contribution in [3.63, 3.8) is 0 Å². The van der Waals surface area contributed by atoms with Crippen LogP contribution in [-0.2, 0) is 21.6 Å². The fourth-order valence-corrected chi connectivity index (χ4v) is 4.18. The zero-order valence-corrected chi connectivity index (χ0v) is 17.1. The van der Waals surface area contributed by atoms with Crippen LogP contribution >= 0.6 is 0 Å². The topological polar surface area (TPSA) is 107 Å². The average molecular weight is 406 g/mol. The zero-order valence-electron chi connectivity index (χ0n) is 17.1. The third-order valence-corrected chi connectivity index (χ3v) is 5.91. The molecule has 0 atom stereocenters. The highest BCUT2D eigenvalue weighted by Gasteiger charge is 2.36. The Balaban J connectivity index is 1.57. The normalized spacial score (nSPS) is 18.7. The fraction of sp³-hybridized carbons (Fsp3) is 0.450. The van der Waals surface area contributed by atoms with Gasteiger partial charge in [-0.3, -0.25) is 0 Å². The summed E-state index contributed by atoms with van der Waals surface area (Å²) in [6, 6.07) is 1.98. The van der Waals surface area contributed by atoms with Gasteiger partial charge in [0, 0.05) is 38.5 Å². The lowest BCUT2D eigenvalue weighted by Crippen LogP contribution is -2.52. The predicted octanol–water partition coefficient (Wildman–Crippen LogP) is 1.86. The second-order valence-electron chi connectivity index (χ2n) is 8.25.